The van der Waals surface area contributed by atoms with Gasteiger partial charge in [-0.25, -0.2) is 9.97 Å². The Kier molecular flexibility index (Phi) is 5.80. The molecule has 4 aliphatic rings. The quantitative estimate of drug-likeness (QED) is 0.215. The zero-order chi connectivity index (χ0) is 28.4. The summed E-state index contributed by atoms with van der Waals surface area (Å²) in [4.78, 5) is 17.3. The SMILES string of the molecule is C1=CCC2C(=C1)Sc1c(-c3ccncc3)nc(-c3cccc(-c4cccc5c4-c4ccccc4C54CCCCC4)c3)nc12. The van der Waals surface area contributed by atoms with E-state index in [1.165, 1.54) is 75.3 Å². The average molecular weight is 574 g/mol. The molecule has 1 saturated carbocycles. The highest BCUT2D eigenvalue weighted by Gasteiger charge is 2.44. The van der Waals surface area contributed by atoms with Gasteiger partial charge in [-0.05, 0) is 75.7 Å². The summed E-state index contributed by atoms with van der Waals surface area (Å²) < 4.78 is 0. The third-order valence-corrected chi connectivity index (χ3v) is 11.2. The molecular weight excluding hydrogens is 543 g/mol. The summed E-state index contributed by atoms with van der Waals surface area (Å²) in [7, 11) is 0. The number of hydrogen-bond donors (Lipinski definition) is 0. The molecule has 0 bridgehead atoms. The maximum atomic E-state index is 5.28. The molecule has 0 saturated heterocycles. The van der Waals surface area contributed by atoms with E-state index in [-0.39, 0.29) is 5.41 Å². The van der Waals surface area contributed by atoms with Gasteiger partial charge in [0.25, 0.3) is 0 Å². The minimum atomic E-state index is 0.150. The number of benzene rings is 3. The molecule has 3 aromatic carbocycles. The number of rotatable bonds is 3. The largest absolute Gasteiger partial charge is 0.265 e. The van der Waals surface area contributed by atoms with Gasteiger partial charge in [0.15, 0.2) is 5.82 Å². The Morgan fingerprint density at radius 3 is 2.42 bits per heavy atom. The monoisotopic (exact) mass is 573 g/mol. The average Bonchev–Trinajstić information content (AvgIpc) is 3.59. The minimum Gasteiger partial charge on any atom is -0.265 e. The van der Waals surface area contributed by atoms with E-state index in [0.29, 0.717) is 5.92 Å². The van der Waals surface area contributed by atoms with Crippen molar-refractivity contribution in [2.24, 2.45) is 0 Å². The standard InChI is InChI=1S/C39H31N3S/c1-6-20-39(21-7-1)31-15-4-2-12-29(31)34-28(14-9-16-32(34)39)26-10-8-11-27(24-26)38-41-35(25-18-22-40-23-19-25)37-36(42-38)30-13-3-5-17-33(30)43-37/h2-5,8-12,14-19,22-24,30H,1,6-7,13,20-21H2. The molecule has 3 heterocycles. The lowest BCUT2D eigenvalue weighted by Gasteiger charge is -2.36. The fourth-order valence-electron chi connectivity index (χ4n) is 7.98. The van der Waals surface area contributed by atoms with Crippen molar-refractivity contribution in [1.29, 1.82) is 0 Å². The zero-order valence-corrected chi connectivity index (χ0v) is 24.8. The zero-order valence-electron chi connectivity index (χ0n) is 24.0. The molecule has 0 N–H and O–H groups in total. The molecule has 3 aliphatic carbocycles. The van der Waals surface area contributed by atoms with Crippen molar-refractivity contribution in [2.45, 2.75) is 54.8 Å². The van der Waals surface area contributed by atoms with E-state index in [1.807, 2.05) is 24.2 Å². The van der Waals surface area contributed by atoms with Gasteiger partial charge in [-0.15, -0.1) is 0 Å². The summed E-state index contributed by atoms with van der Waals surface area (Å²) in [5, 5.41) is 0. The van der Waals surface area contributed by atoms with Gasteiger partial charge in [-0.2, -0.15) is 0 Å². The van der Waals surface area contributed by atoms with Gasteiger partial charge in [0.05, 0.1) is 16.3 Å². The molecule has 43 heavy (non-hydrogen) atoms. The second-order valence-electron chi connectivity index (χ2n) is 12.2. The van der Waals surface area contributed by atoms with Crippen LogP contribution in [0.25, 0.3) is 44.9 Å². The molecule has 2 aromatic heterocycles. The third kappa shape index (κ3) is 3.86. The van der Waals surface area contributed by atoms with Crippen molar-refractivity contribution < 1.29 is 0 Å². The Bertz CT molecular complexity index is 1970. The van der Waals surface area contributed by atoms with Crippen molar-refractivity contribution in [1.82, 2.24) is 15.0 Å². The van der Waals surface area contributed by atoms with Crippen LogP contribution in [0.1, 0.15) is 61.3 Å². The van der Waals surface area contributed by atoms with E-state index < -0.39 is 0 Å². The summed E-state index contributed by atoms with van der Waals surface area (Å²) >= 11 is 1.83. The highest BCUT2D eigenvalue weighted by atomic mass is 32.2. The molecule has 3 nitrogen and oxygen atoms in total. The van der Waals surface area contributed by atoms with Gasteiger partial charge in [0.1, 0.15) is 0 Å². The molecule has 208 valence electrons. The van der Waals surface area contributed by atoms with Gasteiger partial charge < -0.3 is 0 Å². The van der Waals surface area contributed by atoms with E-state index in [1.54, 1.807) is 0 Å². The van der Waals surface area contributed by atoms with Crippen LogP contribution in [0.3, 0.4) is 0 Å². The second-order valence-corrected chi connectivity index (χ2v) is 13.3. The highest BCUT2D eigenvalue weighted by Crippen LogP contribution is 2.58. The van der Waals surface area contributed by atoms with Crippen LogP contribution in [-0.4, -0.2) is 15.0 Å². The van der Waals surface area contributed by atoms with Crippen molar-refractivity contribution >= 4 is 11.8 Å². The van der Waals surface area contributed by atoms with Gasteiger partial charge in [0.2, 0.25) is 0 Å². The van der Waals surface area contributed by atoms with Crippen molar-refractivity contribution in [2.75, 3.05) is 0 Å². The predicted octanol–water partition coefficient (Wildman–Crippen LogP) is 10.1. The first-order valence-corrected chi connectivity index (χ1v) is 16.3. The first-order valence-electron chi connectivity index (χ1n) is 15.5. The topological polar surface area (TPSA) is 38.7 Å². The molecule has 1 fully saturated rings. The number of nitrogens with zero attached hydrogens (tertiary/aromatic N) is 3. The van der Waals surface area contributed by atoms with Crippen LogP contribution >= 0.6 is 11.8 Å². The Morgan fingerprint density at radius 2 is 1.51 bits per heavy atom. The van der Waals surface area contributed by atoms with Gasteiger partial charge in [-0.3, -0.25) is 4.98 Å². The summed E-state index contributed by atoms with van der Waals surface area (Å²) in [5.74, 6) is 1.09. The molecule has 0 amide bonds. The Hall–Kier alpha value is -4.28. The van der Waals surface area contributed by atoms with Crippen molar-refractivity contribution in [3.63, 3.8) is 0 Å². The number of pyridine rings is 1. The summed E-state index contributed by atoms with van der Waals surface area (Å²) in [6.45, 7) is 0. The molecule has 1 spiro atoms. The molecule has 5 aromatic rings. The summed E-state index contributed by atoms with van der Waals surface area (Å²) in [5.41, 5.74) is 12.9. The van der Waals surface area contributed by atoms with Crippen LogP contribution < -0.4 is 0 Å². The molecule has 1 atom stereocenters. The van der Waals surface area contributed by atoms with Crippen LogP contribution in [0, 0.1) is 0 Å². The molecule has 1 unspecified atom stereocenters. The number of allylic oxidation sites excluding steroid dienone is 4. The maximum Gasteiger partial charge on any atom is 0.160 e. The van der Waals surface area contributed by atoms with Crippen molar-refractivity contribution in [3.05, 3.63) is 131 Å². The second kappa shape index (κ2) is 9.89. The Balaban J connectivity index is 1.21. The van der Waals surface area contributed by atoms with Crippen LogP contribution in [0.15, 0.2) is 119 Å². The summed E-state index contributed by atoms with van der Waals surface area (Å²) in [6, 6.07) is 29.2. The van der Waals surface area contributed by atoms with Crippen molar-refractivity contribution in [3.8, 4) is 44.9 Å². The van der Waals surface area contributed by atoms with Crippen LogP contribution in [0.2, 0.25) is 0 Å². The molecule has 4 heteroatoms. The van der Waals surface area contributed by atoms with E-state index in [0.717, 1.165) is 34.8 Å². The number of hydrogen-bond acceptors (Lipinski definition) is 4. The minimum absolute atomic E-state index is 0.150. The van der Waals surface area contributed by atoms with Crippen LogP contribution in [-0.2, 0) is 5.41 Å². The van der Waals surface area contributed by atoms with E-state index >= 15 is 0 Å². The third-order valence-electron chi connectivity index (χ3n) is 9.94. The first-order chi connectivity index (χ1) is 21.3. The van der Waals surface area contributed by atoms with E-state index in [4.69, 9.17) is 9.97 Å². The highest BCUT2D eigenvalue weighted by molar-refractivity contribution is 8.03. The maximum absolute atomic E-state index is 5.28. The lowest BCUT2D eigenvalue weighted by atomic mass is 9.68. The van der Waals surface area contributed by atoms with E-state index in [2.05, 4.69) is 102 Å². The Morgan fingerprint density at radius 1 is 0.721 bits per heavy atom. The fraction of sp³-hybridized carbons (Fsp3) is 0.205. The fourth-order valence-corrected chi connectivity index (χ4v) is 9.27. The number of fused-ring (bicyclic) bond motifs is 8. The Labute approximate surface area is 256 Å². The molecule has 9 rings (SSSR count). The predicted molar refractivity (Wildman–Crippen MR) is 176 cm³/mol. The number of aromatic nitrogens is 3. The smallest absolute Gasteiger partial charge is 0.160 e. The normalized spacial score (nSPS) is 19.0. The van der Waals surface area contributed by atoms with Gasteiger partial charge in [-0.1, -0.05) is 110 Å². The lowest BCUT2D eigenvalue weighted by molar-refractivity contribution is 0.353. The first kappa shape index (κ1) is 25.2. The lowest BCUT2D eigenvalue weighted by Crippen LogP contribution is -2.27. The molecular formula is C39H31N3S. The molecule has 0 radical (unpaired) electrons. The van der Waals surface area contributed by atoms with Gasteiger partial charge >= 0.3 is 0 Å². The number of thioether (sulfide) groups is 1. The van der Waals surface area contributed by atoms with E-state index in [9.17, 15) is 0 Å². The van der Waals surface area contributed by atoms with Gasteiger partial charge in [0, 0.05) is 34.9 Å². The molecule has 1 aliphatic heterocycles. The van der Waals surface area contributed by atoms with Crippen LogP contribution in [0.4, 0.5) is 0 Å². The summed E-state index contributed by atoms with van der Waals surface area (Å²) in [6.07, 6.45) is 17.8. The van der Waals surface area contributed by atoms with Crippen LogP contribution in [0.5, 0.6) is 0 Å².